The van der Waals surface area contributed by atoms with E-state index < -0.39 is 0 Å². The summed E-state index contributed by atoms with van der Waals surface area (Å²) in [5.41, 5.74) is 1.55. The van der Waals surface area contributed by atoms with Crippen LogP contribution in [-0.2, 0) is 0 Å². The molecule has 1 aliphatic rings. The van der Waals surface area contributed by atoms with Crippen LogP contribution in [0.2, 0.25) is 0 Å². The highest BCUT2D eigenvalue weighted by atomic mass is 35.5. The van der Waals surface area contributed by atoms with Crippen LogP contribution in [0.3, 0.4) is 0 Å². The van der Waals surface area contributed by atoms with Gasteiger partial charge in [0.15, 0.2) is 0 Å². The summed E-state index contributed by atoms with van der Waals surface area (Å²) in [6.07, 6.45) is 1.76. The molecule has 1 aromatic carbocycles. The van der Waals surface area contributed by atoms with Crippen molar-refractivity contribution in [3.8, 4) is 0 Å². The van der Waals surface area contributed by atoms with E-state index in [1.807, 2.05) is 31.2 Å². The number of carbonyl (C=O) groups excluding carboxylic acids is 1. The molecule has 1 fully saturated rings. The Hall–Kier alpha value is -1.32. The maximum atomic E-state index is 12.9. The van der Waals surface area contributed by atoms with Gasteiger partial charge < -0.3 is 0 Å². The summed E-state index contributed by atoms with van der Waals surface area (Å²) in [7, 11) is 0. The van der Waals surface area contributed by atoms with Gasteiger partial charge in [-0.2, -0.15) is 0 Å². The lowest BCUT2D eigenvalue weighted by Crippen LogP contribution is -2.17. The number of rotatable bonds is 2. The van der Waals surface area contributed by atoms with Crippen molar-refractivity contribution in [1.29, 1.82) is 0 Å². The van der Waals surface area contributed by atoms with E-state index in [1.54, 1.807) is 10.6 Å². The predicted molar refractivity (Wildman–Crippen MR) is 85.6 cm³/mol. The van der Waals surface area contributed by atoms with Crippen LogP contribution in [0.15, 0.2) is 34.8 Å². The number of hydrogen-bond donors (Lipinski definition) is 0. The van der Waals surface area contributed by atoms with E-state index in [2.05, 4.69) is 18.8 Å². The van der Waals surface area contributed by atoms with E-state index in [4.69, 9.17) is 23.2 Å². The van der Waals surface area contributed by atoms with Gasteiger partial charge in [-0.3, -0.25) is 9.36 Å². The molecule has 2 aromatic rings. The third kappa shape index (κ3) is 2.29. The second-order valence-corrected chi connectivity index (χ2v) is 7.11. The zero-order chi connectivity index (χ0) is 15.4. The van der Waals surface area contributed by atoms with E-state index in [0.717, 1.165) is 11.0 Å². The molecule has 21 heavy (non-hydrogen) atoms. The number of nitrogens with zero attached hydrogens (tertiary/aromatic N) is 2. The summed E-state index contributed by atoms with van der Waals surface area (Å²) >= 11 is 11.5. The van der Waals surface area contributed by atoms with Crippen molar-refractivity contribution >= 4 is 40.1 Å². The standard InChI is InChI=1S/C16H16Cl2N2O/c1-9-19-11-6-4-5-7-12(11)20(9)15(21)14-10(8-13(17)18)16(14,2)3/h4-8,10,14H,1-3H3/t10-,14+/m1/s1. The van der Waals surface area contributed by atoms with Crippen LogP contribution in [0.25, 0.3) is 11.0 Å². The second kappa shape index (κ2) is 4.85. The highest BCUT2D eigenvalue weighted by molar-refractivity contribution is 6.55. The first kappa shape index (κ1) is 14.6. The van der Waals surface area contributed by atoms with E-state index >= 15 is 0 Å². The SMILES string of the molecule is Cc1nc2ccccc2n1C(=O)[C@@H]1[C@@H](C=C(Cl)Cl)C1(C)C. The van der Waals surface area contributed by atoms with Gasteiger partial charge in [-0.25, -0.2) is 4.98 Å². The summed E-state index contributed by atoms with van der Waals surface area (Å²) in [4.78, 5) is 17.4. The highest BCUT2D eigenvalue weighted by Gasteiger charge is 2.61. The predicted octanol–water partition coefficient (Wildman–Crippen LogP) is 4.58. The second-order valence-electron chi connectivity index (χ2n) is 6.10. The Balaban J connectivity index is 2.03. The molecular formula is C16H16Cl2N2O. The molecule has 5 heteroatoms. The Labute approximate surface area is 133 Å². The molecule has 0 bridgehead atoms. The number of aryl methyl sites for hydroxylation is 1. The van der Waals surface area contributed by atoms with E-state index in [0.29, 0.717) is 5.82 Å². The number of allylic oxidation sites excluding steroid dienone is 1. The topological polar surface area (TPSA) is 34.9 Å². The summed E-state index contributed by atoms with van der Waals surface area (Å²) in [5, 5.41) is 0. The van der Waals surface area contributed by atoms with E-state index in [9.17, 15) is 4.79 Å². The summed E-state index contributed by atoms with van der Waals surface area (Å²) < 4.78 is 1.92. The van der Waals surface area contributed by atoms with Crippen LogP contribution >= 0.6 is 23.2 Å². The average molecular weight is 323 g/mol. The molecule has 0 amide bonds. The smallest absolute Gasteiger partial charge is 0.236 e. The normalized spacial score (nSPS) is 23.1. The summed E-state index contributed by atoms with van der Waals surface area (Å²) in [6, 6.07) is 7.67. The minimum Gasteiger partial charge on any atom is -0.274 e. The third-order valence-corrected chi connectivity index (χ3v) is 4.68. The number of para-hydroxylation sites is 2. The molecule has 0 unspecified atom stereocenters. The monoisotopic (exact) mass is 322 g/mol. The molecule has 1 heterocycles. The molecule has 0 saturated heterocycles. The van der Waals surface area contributed by atoms with Gasteiger partial charge in [0.1, 0.15) is 10.3 Å². The van der Waals surface area contributed by atoms with Crippen LogP contribution in [-0.4, -0.2) is 15.5 Å². The van der Waals surface area contributed by atoms with E-state index in [1.165, 1.54) is 0 Å². The van der Waals surface area contributed by atoms with Crippen molar-refractivity contribution in [1.82, 2.24) is 9.55 Å². The molecule has 0 aliphatic heterocycles. The first-order chi connectivity index (χ1) is 9.84. The fourth-order valence-electron chi connectivity index (χ4n) is 3.16. The van der Waals surface area contributed by atoms with Crippen molar-refractivity contribution in [3.05, 3.63) is 40.7 Å². The molecule has 1 aliphatic carbocycles. The Morgan fingerprint density at radius 1 is 1.33 bits per heavy atom. The highest BCUT2D eigenvalue weighted by Crippen LogP contribution is 2.60. The molecule has 1 saturated carbocycles. The first-order valence-corrected chi connectivity index (χ1v) is 7.60. The lowest BCUT2D eigenvalue weighted by Gasteiger charge is -2.06. The van der Waals surface area contributed by atoms with Gasteiger partial charge in [-0.05, 0) is 36.5 Å². The van der Waals surface area contributed by atoms with E-state index in [-0.39, 0.29) is 27.6 Å². The van der Waals surface area contributed by atoms with Gasteiger partial charge in [0.05, 0.1) is 17.0 Å². The largest absolute Gasteiger partial charge is 0.274 e. The summed E-state index contributed by atoms with van der Waals surface area (Å²) in [5.74, 6) is 0.711. The summed E-state index contributed by atoms with van der Waals surface area (Å²) in [6.45, 7) is 5.97. The molecule has 2 atom stereocenters. The van der Waals surface area contributed by atoms with Gasteiger partial charge in [0.2, 0.25) is 5.91 Å². The van der Waals surface area contributed by atoms with Gasteiger partial charge in [-0.1, -0.05) is 49.2 Å². The molecule has 3 nitrogen and oxygen atoms in total. The first-order valence-electron chi connectivity index (χ1n) is 6.85. The lowest BCUT2D eigenvalue weighted by molar-refractivity contribution is 0.0871. The number of benzene rings is 1. The zero-order valence-corrected chi connectivity index (χ0v) is 13.6. The number of aromatic nitrogens is 2. The minimum absolute atomic E-state index is 0.0574. The number of carbonyl (C=O) groups is 1. The Bertz CT molecular complexity index is 757. The van der Waals surface area contributed by atoms with Crippen molar-refractivity contribution in [2.24, 2.45) is 17.3 Å². The maximum absolute atomic E-state index is 12.9. The Morgan fingerprint density at radius 2 is 2.00 bits per heavy atom. The van der Waals surface area contributed by atoms with Crippen molar-refractivity contribution < 1.29 is 4.79 Å². The van der Waals surface area contributed by atoms with Crippen LogP contribution < -0.4 is 0 Å². The van der Waals surface area contributed by atoms with Crippen molar-refractivity contribution in [2.75, 3.05) is 0 Å². The molecule has 3 rings (SSSR count). The molecule has 0 radical (unpaired) electrons. The van der Waals surface area contributed by atoms with Gasteiger partial charge in [0.25, 0.3) is 0 Å². The Kier molecular flexibility index (Phi) is 3.38. The Morgan fingerprint density at radius 3 is 2.67 bits per heavy atom. The third-order valence-electron chi connectivity index (χ3n) is 4.43. The van der Waals surface area contributed by atoms with Crippen LogP contribution in [0.4, 0.5) is 0 Å². The fourth-order valence-corrected chi connectivity index (χ4v) is 3.43. The van der Waals surface area contributed by atoms with Gasteiger partial charge in [-0.15, -0.1) is 0 Å². The molecule has 0 spiro atoms. The van der Waals surface area contributed by atoms with Crippen LogP contribution in [0.1, 0.15) is 24.5 Å². The fraction of sp³-hybridized carbons (Fsp3) is 0.375. The van der Waals surface area contributed by atoms with Crippen LogP contribution in [0.5, 0.6) is 0 Å². The molecule has 0 N–H and O–H groups in total. The molecule has 1 aromatic heterocycles. The quantitative estimate of drug-likeness (QED) is 0.811. The number of fused-ring (bicyclic) bond motifs is 1. The van der Waals surface area contributed by atoms with Crippen molar-refractivity contribution in [2.45, 2.75) is 20.8 Å². The van der Waals surface area contributed by atoms with Crippen LogP contribution in [0, 0.1) is 24.2 Å². The van der Waals surface area contributed by atoms with Gasteiger partial charge in [0, 0.05) is 0 Å². The number of hydrogen-bond acceptors (Lipinski definition) is 2. The molecular weight excluding hydrogens is 307 g/mol. The lowest BCUT2D eigenvalue weighted by atomic mass is 10.1. The number of imidazole rings is 1. The average Bonchev–Trinajstić information content (AvgIpc) is 2.77. The molecule has 110 valence electrons. The maximum Gasteiger partial charge on any atom is 0.236 e. The van der Waals surface area contributed by atoms with Crippen molar-refractivity contribution in [3.63, 3.8) is 0 Å². The minimum atomic E-state index is -0.135. The zero-order valence-electron chi connectivity index (χ0n) is 12.1. The number of halogens is 2. The van der Waals surface area contributed by atoms with Gasteiger partial charge >= 0.3 is 0 Å².